The number of ether oxygens (including phenoxy) is 1. The first kappa shape index (κ1) is 24.3. The maximum absolute atomic E-state index is 15.4. The van der Waals surface area contributed by atoms with E-state index in [1.807, 2.05) is 6.07 Å². The van der Waals surface area contributed by atoms with Crippen molar-refractivity contribution in [3.63, 3.8) is 0 Å². The minimum Gasteiger partial charge on any atom is -0.507 e. The molecule has 1 aromatic carbocycles. The van der Waals surface area contributed by atoms with Crippen molar-refractivity contribution in [2.45, 2.75) is 77.0 Å². The number of aromatic hydroxyl groups is 1. The molecule has 2 aliphatic rings. The molecule has 3 aromatic rings. The summed E-state index contributed by atoms with van der Waals surface area (Å²) < 4.78 is 20.5. The summed E-state index contributed by atoms with van der Waals surface area (Å²) in [6, 6.07) is 7.05. The van der Waals surface area contributed by atoms with E-state index in [9.17, 15) is 5.11 Å². The first-order valence-corrected chi connectivity index (χ1v) is 12.7. The van der Waals surface area contributed by atoms with E-state index in [0.29, 0.717) is 29.5 Å². The first-order chi connectivity index (χ1) is 17.4. The fraction of sp³-hybridized carbons (Fsp3) is 0.519. The molecule has 0 radical (unpaired) electrons. The Hall–Kier alpha value is -3.36. The molecule has 2 saturated carbocycles. The molecular weight excluding hydrogens is 459 g/mol. The number of alkyl halides is 1. The third-order valence-electron chi connectivity index (χ3n) is 7.76. The number of rotatable bonds is 7. The lowest BCUT2D eigenvalue weighted by Gasteiger charge is -2.38. The standard InChI is InChI=1S/C27H33FN6O2/c1-4-27(2)11-5-6-21(28)22(14-27)34(19-8-9-19)24-16-29-26(33-31-24)20-10-7-17(12-23(20)35)18-13-25(36-3)32-30-15-18/h7,10,12-13,15-16,19,21-22,35H,4-6,8-9,11,14H2,1-3H3/t21-,22+,27+/m0/s1. The van der Waals surface area contributed by atoms with Crippen LogP contribution >= 0.6 is 0 Å². The van der Waals surface area contributed by atoms with Gasteiger partial charge in [0.2, 0.25) is 5.88 Å². The van der Waals surface area contributed by atoms with Crippen molar-refractivity contribution in [1.82, 2.24) is 25.4 Å². The van der Waals surface area contributed by atoms with E-state index >= 15 is 4.39 Å². The number of phenols is 1. The highest BCUT2D eigenvalue weighted by molar-refractivity contribution is 5.72. The van der Waals surface area contributed by atoms with E-state index < -0.39 is 6.17 Å². The molecule has 3 atom stereocenters. The lowest BCUT2D eigenvalue weighted by Crippen LogP contribution is -2.45. The van der Waals surface area contributed by atoms with Gasteiger partial charge in [-0.15, -0.1) is 15.3 Å². The molecule has 36 heavy (non-hydrogen) atoms. The minimum absolute atomic E-state index is 0.0307. The van der Waals surface area contributed by atoms with Crippen LogP contribution in [0.2, 0.25) is 0 Å². The maximum atomic E-state index is 15.4. The van der Waals surface area contributed by atoms with Gasteiger partial charge in [0, 0.05) is 17.7 Å². The third-order valence-corrected chi connectivity index (χ3v) is 7.76. The Morgan fingerprint density at radius 2 is 1.94 bits per heavy atom. The van der Waals surface area contributed by atoms with Crippen LogP contribution < -0.4 is 9.64 Å². The van der Waals surface area contributed by atoms with E-state index in [2.05, 4.69) is 44.1 Å². The predicted octanol–water partition coefficient (Wildman–Crippen LogP) is 5.38. The smallest absolute Gasteiger partial charge is 0.233 e. The van der Waals surface area contributed by atoms with Gasteiger partial charge < -0.3 is 14.7 Å². The summed E-state index contributed by atoms with van der Waals surface area (Å²) in [6.07, 6.45) is 8.85. The van der Waals surface area contributed by atoms with Crippen LogP contribution in [0.4, 0.5) is 10.2 Å². The fourth-order valence-corrected chi connectivity index (χ4v) is 5.24. The maximum Gasteiger partial charge on any atom is 0.233 e. The summed E-state index contributed by atoms with van der Waals surface area (Å²) in [5.41, 5.74) is 2.12. The van der Waals surface area contributed by atoms with Gasteiger partial charge in [0.25, 0.3) is 0 Å². The molecule has 2 heterocycles. The lowest BCUT2D eigenvalue weighted by molar-refractivity contribution is 0.209. The van der Waals surface area contributed by atoms with Crippen LogP contribution in [0.25, 0.3) is 22.5 Å². The number of anilines is 1. The van der Waals surface area contributed by atoms with Crippen molar-refractivity contribution in [2.24, 2.45) is 5.41 Å². The summed E-state index contributed by atoms with van der Waals surface area (Å²) in [4.78, 5) is 6.67. The summed E-state index contributed by atoms with van der Waals surface area (Å²) in [5, 5.41) is 27.4. The topological polar surface area (TPSA) is 97.2 Å². The average Bonchev–Trinajstić information content (AvgIpc) is 3.75. The number of benzene rings is 1. The van der Waals surface area contributed by atoms with Crippen molar-refractivity contribution in [2.75, 3.05) is 12.0 Å². The summed E-state index contributed by atoms with van der Waals surface area (Å²) in [5.74, 6) is 1.35. The highest BCUT2D eigenvalue weighted by Gasteiger charge is 2.43. The molecule has 2 fully saturated rings. The predicted molar refractivity (Wildman–Crippen MR) is 136 cm³/mol. The van der Waals surface area contributed by atoms with Gasteiger partial charge in [-0.05, 0) is 61.6 Å². The zero-order chi connectivity index (χ0) is 25.3. The van der Waals surface area contributed by atoms with Gasteiger partial charge in [-0.3, -0.25) is 0 Å². The van der Waals surface area contributed by atoms with Crippen molar-refractivity contribution in [3.8, 4) is 34.1 Å². The molecule has 190 valence electrons. The Bertz CT molecular complexity index is 1210. The number of hydrogen-bond acceptors (Lipinski definition) is 8. The van der Waals surface area contributed by atoms with Crippen molar-refractivity contribution >= 4 is 5.82 Å². The molecule has 0 amide bonds. The van der Waals surface area contributed by atoms with Gasteiger partial charge in [0.1, 0.15) is 11.9 Å². The molecule has 9 heteroatoms. The van der Waals surface area contributed by atoms with Crippen LogP contribution in [-0.2, 0) is 0 Å². The molecule has 5 rings (SSSR count). The SMILES string of the molecule is CC[C@]1(C)CCC[C@H](F)[C@H](N(c2cnc(-c3ccc(-c4cnnc(OC)c4)cc3O)nn2)C2CC2)C1. The number of nitrogens with zero attached hydrogens (tertiary/aromatic N) is 6. The zero-order valence-electron chi connectivity index (χ0n) is 21.1. The van der Waals surface area contributed by atoms with Gasteiger partial charge in [0.05, 0.1) is 31.1 Å². The molecule has 2 aromatic heterocycles. The second-order valence-corrected chi connectivity index (χ2v) is 10.3. The summed E-state index contributed by atoms with van der Waals surface area (Å²) in [7, 11) is 1.53. The molecular formula is C27H33FN6O2. The molecule has 1 N–H and O–H groups in total. The van der Waals surface area contributed by atoms with Gasteiger partial charge in [-0.25, -0.2) is 9.37 Å². The van der Waals surface area contributed by atoms with Crippen molar-refractivity contribution < 1.29 is 14.2 Å². The Morgan fingerprint density at radius 1 is 1.11 bits per heavy atom. The normalized spacial score (nSPS) is 24.2. The Kier molecular flexibility index (Phi) is 6.73. The van der Waals surface area contributed by atoms with E-state index in [-0.39, 0.29) is 23.2 Å². The number of phenolic OH excluding ortho intramolecular Hbond substituents is 1. The fourth-order valence-electron chi connectivity index (χ4n) is 5.24. The summed E-state index contributed by atoms with van der Waals surface area (Å²) in [6.45, 7) is 4.48. The van der Waals surface area contributed by atoms with Crippen LogP contribution in [0, 0.1) is 5.41 Å². The van der Waals surface area contributed by atoms with Gasteiger partial charge >= 0.3 is 0 Å². The van der Waals surface area contributed by atoms with E-state index in [1.54, 1.807) is 30.6 Å². The second-order valence-electron chi connectivity index (χ2n) is 10.3. The van der Waals surface area contributed by atoms with E-state index in [1.165, 1.54) is 7.11 Å². The first-order valence-electron chi connectivity index (χ1n) is 12.7. The largest absolute Gasteiger partial charge is 0.507 e. The van der Waals surface area contributed by atoms with Crippen molar-refractivity contribution in [1.29, 1.82) is 0 Å². The van der Waals surface area contributed by atoms with E-state index in [0.717, 1.165) is 49.7 Å². The van der Waals surface area contributed by atoms with Crippen LogP contribution in [0.1, 0.15) is 58.8 Å². The lowest BCUT2D eigenvalue weighted by atomic mass is 9.78. The number of hydrogen-bond donors (Lipinski definition) is 1. The molecule has 8 nitrogen and oxygen atoms in total. The number of aromatic nitrogens is 5. The molecule has 0 aliphatic heterocycles. The Morgan fingerprint density at radius 3 is 2.61 bits per heavy atom. The highest BCUT2D eigenvalue weighted by atomic mass is 19.1. The molecule has 0 unspecified atom stereocenters. The van der Waals surface area contributed by atoms with Crippen LogP contribution in [0.5, 0.6) is 11.6 Å². The minimum atomic E-state index is -0.890. The van der Waals surface area contributed by atoms with Crippen LogP contribution in [-0.4, -0.2) is 55.9 Å². The van der Waals surface area contributed by atoms with Crippen LogP contribution in [0.3, 0.4) is 0 Å². The Labute approximate surface area is 211 Å². The van der Waals surface area contributed by atoms with Gasteiger partial charge in [-0.1, -0.05) is 26.3 Å². The molecule has 0 spiro atoms. The van der Waals surface area contributed by atoms with Gasteiger partial charge in [-0.2, -0.15) is 5.10 Å². The van der Waals surface area contributed by atoms with Crippen molar-refractivity contribution in [3.05, 3.63) is 36.7 Å². The van der Waals surface area contributed by atoms with Crippen LogP contribution in [0.15, 0.2) is 36.7 Å². The quantitative estimate of drug-likeness (QED) is 0.439. The monoisotopic (exact) mass is 492 g/mol. The van der Waals surface area contributed by atoms with E-state index in [4.69, 9.17) is 4.74 Å². The number of halogens is 1. The Balaban J connectivity index is 1.40. The third kappa shape index (κ3) is 4.96. The highest BCUT2D eigenvalue weighted by Crippen LogP contribution is 2.44. The number of methoxy groups -OCH3 is 1. The summed E-state index contributed by atoms with van der Waals surface area (Å²) >= 11 is 0. The van der Waals surface area contributed by atoms with Gasteiger partial charge in [0.15, 0.2) is 11.6 Å². The molecule has 0 saturated heterocycles. The zero-order valence-corrected chi connectivity index (χ0v) is 21.1. The average molecular weight is 493 g/mol. The molecule has 0 bridgehead atoms. The second kappa shape index (κ2) is 9.95. The molecule has 2 aliphatic carbocycles.